The number of nitrogens with one attached hydrogen (secondary N) is 2. The van der Waals surface area contributed by atoms with Gasteiger partial charge in [-0.3, -0.25) is 9.20 Å². The number of nitrogens with zero attached hydrogens (tertiary/aromatic N) is 3. The first kappa shape index (κ1) is 16.2. The zero-order chi connectivity index (χ0) is 17.8. The lowest BCUT2D eigenvalue weighted by atomic mass is 10.2. The van der Waals surface area contributed by atoms with Crippen molar-refractivity contribution < 1.29 is 9.59 Å². The molecule has 0 bridgehead atoms. The van der Waals surface area contributed by atoms with Gasteiger partial charge in [-0.2, -0.15) is 0 Å². The highest BCUT2D eigenvalue weighted by Crippen LogP contribution is 2.13. The molecule has 0 radical (unpaired) electrons. The van der Waals surface area contributed by atoms with Crippen LogP contribution in [0, 0.1) is 0 Å². The van der Waals surface area contributed by atoms with Crippen molar-refractivity contribution in [1.82, 2.24) is 14.2 Å². The first-order chi connectivity index (χ1) is 12.0. The number of fused-ring (bicyclic) bond motifs is 1. The van der Waals surface area contributed by atoms with Gasteiger partial charge in [0.2, 0.25) is 5.91 Å². The molecule has 25 heavy (non-hydrogen) atoms. The van der Waals surface area contributed by atoms with Crippen LogP contribution in [0.5, 0.6) is 0 Å². The summed E-state index contributed by atoms with van der Waals surface area (Å²) in [7, 11) is 0. The van der Waals surface area contributed by atoms with E-state index in [-0.39, 0.29) is 24.6 Å². The third-order valence-corrected chi connectivity index (χ3v) is 3.48. The highest BCUT2D eigenvalue weighted by atomic mass is 16.2. The van der Waals surface area contributed by atoms with Crippen molar-refractivity contribution in [2.24, 2.45) is 5.73 Å². The molecule has 3 rings (SSSR count). The predicted octanol–water partition coefficient (Wildman–Crippen LogP) is 1.02. The number of amides is 3. The number of urea groups is 1. The molecule has 0 aliphatic carbocycles. The Kier molecular flexibility index (Phi) is 4.46. The molecule has 0 fully saturated rings. The van der Waals surface area contributed by atoms with Crippen LogP contribution in [0.15, 0.2) is 53.5 Å². The molecule has 0 unspecified atom stereocenters. The van der Waals surface area contributed by atoms with E-state index >= 15 is 0 Å². The largest absolute Gasteiger partial charge is 0.351 e. The summed E-state index contributed by atoms with van der Waals surface area (Å²) < 4.78 is 2.68. The molecule has 0 saturated heterocycles. The van der Waals surface area contributed by atoms with Gasteiger partial charge in [0, 0.05) is 24.0 Å². The van der Waals surface area contributed by atoms with E-state index in [1.807, 2.05) is 0 Å². The van der Waals surface area contributed by atoms with Gasteiger partial charge < -0.3 is 16.4 Å². The quantitative estimate of drug-likeness (QED) is 0.641. The minimum absolute atomic E-state index is 0.102. The number of primary amides is 1. The summed E-state index contributed by atoms with van der Waals surface area (Å²) in [5.74, 6) is -0.250. The van der Waals surface area contributed by atoms with Crippen molar-refractivity contribution in [3.05, 3.63) is 59.1 Å². The summed E-state index contributed by atoms with van der Waals surface area (Å²) in [6.07, 6.45) is 1.73. The van der Waals surface area contributed by atoms with E-state index in [4.69, 9.17) is 5.73 Å². The average Bonchev–Trinajstić information content (AvgIpc) is 2.91. The molecule has 0 aliphatic heterocycles. The minimum Gasteiger partial charge on any atom is -0.351 e. The molecule has 0 atom stereocenters. The van der Waals surface area contributed by atoms with Gasteiger partial charge in [0.25, 0.3) is 0 Å². The normalized spacial score (nSPS) is 10.6. The molecular weight excluding hydrogens is 324 g/mol. The summed E-state index contributed by atoms with van der Waals surface area (Å²) in [6.45, 7) is 0.174. The second-order valence-electron chi connectivity index (χ2n) is 5.30. The summed E-state index contributed by atoms with van der Waals surface area (Å²) in [5.41, 5.74) is 6.37. The lowest BCUT2D eigenvalue weighted by molar-refractivity contribution is -0.116. The average molecular weight is 340 g/mol. The number of pyridine rings is 1. The maximum atomic E-state index is 12.1. The van der Waals surface area contributed by atoms with E-state index in [0.29, 0.717) is 17.0 Å². The van der Waals surface area contributed by atoms with E-state index in [0.717, 1.165) is 0 Å². The van der Waals surface area contributed by atoms with Gasteiger partial charge in [0.05, 0.1) is 6.54 Å². The summed E-state index contributed by atoms with van der Waals surface area (Å²) in [6, 6.07) is 11.1. The number of carbonyl (C=O) groups is 2. The van der Waals surface area contributed by atoms with Crippen molar-refractivity contribution in [1.29, 1.82) is 0 Å². The number of hydrogen-bond acceptors (Lipinski definition) is 4. The Morgan fingerprint density at radius 1 is 1.04 bits per heavy atom. The SMILES string of the molecule is NC(=O)Nc1ccc(NC(=O)CCn2nc3ccccn3c2=O)cc1. The van der Waals surface area contributed by atoms with Crippen molar-refractivity contribution in [3.8, 4) is 0 Å². The Bertz CT molecular complexity index is 973. The van der Waals surface area contributed by atoms with Gasteiger partial charge in [0.15, 0.2) is 5.65 Å². The first-order valence-electron chi connectivity index (χ1n) is 7.53. The van der Waals surface area contributed by atoms with E-state index in [2.05, 4.69) is 15.7 Å². The van der Waals surface area contributed by atoms with Crippen LogP contribution in [0.4, 0.5) is 16.2 Å². The molecule has 3 aromatic rings. The molecular formula is C16H16N6O3. The molecule has 1 aromatic carbocycles. The van der Waals surface area contributed by atoms with Crippen LogP contribution in [0.1, 0.15) is 6.42 Å². The van der Waals surface area contributed by atoms with Gasteiger partial charge in [-0.25, -0.2) is 14.3 Å². The number of aromatic nitrogens is 3. The third kappa shape index (κ3) is 3.83. The summed E-state index contributed by atoms with van der Waals surface area (Å²) in [4.78, 5) is 34.9. The molecule has 9 nitrogen and oxygen atoms in total. The van der Waals surface area contributed by atoms with Gasteiger partial charge in [0.1, 0.15) is 0 Å². The third-order valence-electron chi connectivity index (χ3n) is 3.48. The Labute approximate surface area is 142 Å². The van der Waals surface area contributed by atoms with Crippen LogP contribution in [-0.2, 0) is 11.3 Å². The zero-order valence-corrected chi connectivity index (χ0v) is 13.2. The molecule has 0 saturated carbocycles. The van der Waals surface area contributed by atoms with Crippen LogP contribution >= 0.6 is 0 Å². The highest BCUT2D eigenvalue weighted by molar-refractivity contribution is 5.91. The summed E-state index contributed by atoms with van der Waals surface area (Å²) >= 11 is 0. The lowest BCUT2D eigenvalue weighted by Gasteiger charge is -2.06. The second-order valence-corrected chi connectivity index (χ2v) is 5.30. The Morgan fingerprint density at radius 3 is 2.36 bits per heavy atom. The maximum absolute atomic E-state index is 12.1. The monoisotopic (exact) mass is 340 g/mol. The number of hydrogen-bond donors (Lipinski definition) is 3. The fourth-order valence-corrected chi connectivity index (χ4v) is 2.32. The van der Waals surface area contributed by atoms with Crippen molar-refractivity contribution in [2.75, 3.05) is 10.6 Å². The molecule has 2 heterocycles. The lowest BCUT2D eigenvalue weighted by Crippen LogP contribution is -2.24. The maximum Gasteiger partial charge on any atom is 0.350 e. The van der Waals surface area contributed by atoms with Gasteiger partial charge in [-0.05, 0) is 36.4 Å². The molecule has 0 spiro atoms. The number of carbonyl (C=O) groups excluding carboxylic acids is 2. The van der Waals surface area contributed by atoms with E-state index in [1.165, 1.54) is 9.08 Å². The number of nitrogens with two attached hydrogens (primary N) is 1. The predicted molar refractivity (Wildman–Crippen MR) is 92.3 cm³/mol. The van der Waals surface area contributed by atoms with Crippen molar-refractivity contribution >= 4 is 29.0 Å². The Morgan fingerprint density at radius 2 is 1.72 bits per heavy atom. The molecule has 0 aliphatic rings. The van der Waals surface area contributed by atoms with Crippen LogP contribution in [0.25, 0.3) is 5.65 Å². The van der Waals surface area contributed by atoms with Crippen molar-refractivity contribution in [3.63, 3.8) is 0 Å². The smallest absolute Gasteiger partial charge is 0.350 e. The van der Waals surface area contributed by atoms with Crippen LogP contribution in [0.3, 0.4) is 0 Å². The first-order valence-corrected chi connectivity index (χ1v) is 7.53. The molecule has 4 N–H and O–H groups in total. The minimum atomic E-state index is -0.658. The van der Waals surface area contributed by atoms with E-state index < -0.39 is 6.03 Å². The van der Waals surface area contributed by atoms with Gasteiger partial charge in [-0.15, -0.1) is 5.10 Å². The van der Waals surface area contributed by atoms with Crippen molar-refractivity contribution in [2.45, 2.75) is 13.0 Å². The fraction of sp³-hybridized carbons (Fsp3) is 0.125. The topological polar surface area (TPSA) is 124 Å². The van der Waals surface area contributed by atoms with Gasteiger partial charge in [-0.1, -0.05) is 6.07 Å². The highest BCUT2D eigenvalue weighted by Gasteiger charge is 2.09. The molecule has 3 amide bonds. The van der Waals surface area contributed by atoms with E-state index in [1.54, 1.807) is 48.7 Å². The molecule has 128 valence electrons. The fourth-order valence-electron chi connectivity index (χ4n) is 2.32. The molecule has 2 aromatic heterocycles. The zero-order valence-electron chi connectivity index (χ0n) is 13.2. The number of anilines is 2. The Balaban J connectivity index is 1.59. The second kappa shape index (κ2) is 6.87. The van der Waals surface area contributed by atoms with E-state index in [9.17, 15) is 14.4 Å². The van der Waals surface area contributed by atoms with Crippen LogP contribution < -0.4 is 22.1 Å². The Hall–Kier alpha value is -3.62. The van der Waals surface area contributed by atoms with Crippen LogP contribution in [-0.4, -0.2) is 26.1 Å². The number of aryl methyl sites for hydroxylation is 1. The summed E-state index contributed by atoms with van der Waals surface area (Å²) in [5, 5.41) is 9.31. The standard InChI is InChI=1S/C16H16N6O3/c17-15(24)19-12-6-4-11(5-7-12)18-14(23)8-10-22-16(25)21-9-2-1-3-13(21)20-22/h1-7,9H,8,10H2,(H,18,23)(H3,17,19,24). The van der Waals surface area contributed by atoms with Gasteiger partial charge >= 0.3 is 11.7 Å². The van der Waals surface area contributed by atoms with Crippen LogP contribution in [0.2, 0.25) is 0 Å². The number of rotatable bonds is 5. The molecule has 9 heteroatoms. The number of benzene rings is 1.